The predicted molar refractivity (Wildman–Crippen MR) is 82.3 cm³/mol. The number of nitrogens with two attached hydrogens (primary N) is 1. The third-order valence-corrected chi connectivity index (χ3v) is 2.87. The molecule has 0 radical (unpaired) electrons. The summed E-state index contributed by atoms with van der Waals surface area (Å²) in [6, 6.07) is 11.3. The topological polar surface area (TPSA) is 64.3 Å². The summed E-state index contributed by atoms with van der Waals surface area (Å²) in [5.41, 5.74) is 5.57. The summed E-state index contributed by atoms with van der Waals surface area (Å²) < 4.78 is 32.0. The van der Waals surface area contributed by atoms with Gasteiger partial charge in [0.1, 0.15) is 12.4 Å². The SMILES string of the molecule is Nc1ccc(F)c(C#CCNC(=O)OCc2ccccc2)c1F. The van der Waals surface area contributed by atoms with Crippen LogP contribution in [-0.4, -0.2) is 12.6 Å². The van der Waals surface area contributed by atoms with Crippen LogP contribution in [0.1, 0.15) is 11.1 Å². The average molecular weight is 316 g/mol. The first kappa shape index (κ1) is 16.3. The Hall–Kier alpha value is -3.07. The number of amides is 1. The molecule has 118 valence electrons. The van der Waals surface area contributed by atoms with Crippen LogP contribution >= 0.6 is 0 Å². The van der Waals surface area contributed by atoms with E-state index in [0.717, 1.165) is 17.7 Å². The number of carbonyl (C=O) groups is 1. The molecule has 0 aromatic heterocycles. The Bertz CT molecular complexity index is 752. The number of carbonyl (C=O) groups excluding carboxylic acids is 1. The molecule has 1 amide bonds. The largest absolute Gasteiger partial charge is 0.445 e. The molecule has 0 aliphatic rings. The minimum absolute atomic E-state index is 0.110. The van der Waals surface area contributed by atoms with Crippen molar-refractivity contribution in [3.63, 3.8) is 0 Å². The van der Waals surface area contributed by atoms with Gasteiger partial charge in [-0.25, -0.2) is 13.6 Å². The van der Waals surface area contributed by atoms with E-state index in [1.54, 1.807) is 0 Å². The summed E-state index contributed by atoms with van der Waals surface area (Å²) in [5, 5.41) is 2.37. The van der Waals surface area contributed by atoms with Gasteiger partial charge in [0.25, 0.3) is 0 Å². The smallest absolute Gasteiger partial charge is 0.408 e. The van der Waals surface area contributed by atoms with E-state index in [9.17, 15) is 13.6 Å². The highest BCUT2D eigenvalue weighted by atomic mass is 19.1. The Morgan fingerprint density at radius 1 is 1.17 bits per heavy atom. The van der Waals surface area contributed by atoms with Crippen molar-refractivity contribution in [3.05, 3.63) is 65.2 Å². The molecule has 23 heavy (non-hydrogen) atoms. The van der Waals surface area contributed by atoms with E-state index in [1.165, 1.54) is 0 Å². The minimum Gasteiger partial charge on any atom is -0.445 e. The fraction of sp³-hybridized carbons (Fsp3) is 0.118. The molecule has 0 atom stereocenters. The zero-order valence-corrected chi connectivity index (χ0v) is 12.1. The lowest BCUT2D eigenvalue weighted by Gasteiger charge is -2.04. The molecule has 4 nitrogen and oxygen atoms in total. The molecule has 2 aromatic carbocycles. The maximum atomic E-state index is 13.6. The highest BCUT2D eigenvalue weighted by Gasteiger charge is 2.09. The number of benzene rings is 2. The fourth-order valence-electron chi connectivity index (χ4n) is 1.71. The molecule has 2 aromatic rings. The van der Waals surface area contributed by atoms with Crippen molar-refractivity contribution < 1.29 is 18.3 Å². The summed E-state index contributed by atoms with van der Waals surface area (Å²) in [6.07, 6.45) is -0.670. The molecule has 0 heterocycles. The number of alkyl carbamates (subject to hydrolysis) is 1. The summed E-state index contributed by atoms with van der Waals surface area (Å²) in [7, 11) is 0. The molecule has 3 N–H and O–H groups in total. The molecule has 0 aliphatic carbocycles. The van der Waals surface area contributed by atoms with E-state index >= 15 is 0 Å². The first-order valence-electron chi connectivity index (χ1n) is 6.75. The monoisotopic (exact) mass is 316 g/mol. The van der Waals surface area contributed by atoms with Gasteiger partial charge in [0, 0.05) is 0 Å². The number of halogens is 2. The van der Waals surface area contributed by atoms with E-state index in [0.29, 0.717) is 0 Å². The second-order valence-corrected chi connectivity index (χ2v) is 4.54. The van der Waals surface area contributed by atoms with E-state index in [1.807, 2.05) is 30.3 Å². The van der Waals surface area contributed by atoms with Crippen molar-refractivity contribution in [3.8, 4) is 11.8 Å². The average Bonchev–Trinajstić information content (AvgIpc) is 2.57. The second kappa shape index (κ2) is 7.80. The molecular weight excluding hydrogens is 302 g/mol. The lowest BCUT2D eigenvalue weighted by Crippen LogP contribution is -2.24. The third-order valence-electron chi connectivity index (χ3n) is 2.87. The fourth-order valence-corrected chi connectivity index (χ4v) is 1.71. The van der Waals surface area contributed by atoms with Crippen molar-refractivity contribution in [2.45, 2.75) is 6.61 Å². The summed E-state index contributed by atoms with van der Waals surface area (Å²) in [5.74, 6) is 3.02. The molecule has 0 aliphatic heterocycles. The highest BCUT2D eigenvalue weighted by Crippen LogP contribution is 2.17. The van der Waals surface area contributed by atoms with Crippen molar-refractivity contribution >= 4 is 11.8 Å². The van der Waals surface area contributed by atoms with Gasteiger partial charge in [-0.15, -0.1) is 0 Å². The van der Waals surface area contributed by atoms with Gasteiger partial charge in [-0.1, -0.05) is 42.2 Å². The van der Waals surface area contributed by atoms with Crippen LogP contribution in [0.4, 0.5) is 19.3 Å². The van der Waals surface area contributed by atoms with Gasteiger partial charge in [-0.3, -0.25) is 0 Å². The minimum atomic E-state index is -0.913. The van der Waals surface area contributed by atoms with Crippen LogP contribution in [-0.2, 0) is 11.3 Å². The first-order chi connectivity index (χ1) is 11.1. The number of nitrogen functional groups attached to an aromatic ring is 1. The Morgan fingerprint density at radius 2 is 1.91 bits per heavy atom. The standard InChI is InChI=1S/C17H14F2N2O2/c18-14-8-9-15(20)16(19)13(14)7-4-10-21-17(22)23-11-12-5-2-1-3-6-12/h1-3,5-6,8-9H,10-11,20H2,(H,21,22). The number of ether oxygens (including phenoxy) is 1. The normalized spacial score (nSPS) is 9.65. The lowest BCUT2D eigenvalue weighted by atomic mass is 10.2. The van der Waals surface area contributed by atoms with Gasteiger partial charge in [-0.05, 0) is 17.7 Å². The van der Waals surface area contributed by atoms with Crippen LogP contribution in [0.15, 0.2) is 42.5 Å². The molecule has 0 spiro atoms. The zero-order chi connectivity index (χ0) is 16.7. The number of nitrogens with one attached hydrogen (secondary N) is 1. The second-order valence-electron chi connectivity index (χ2n) is 4.54. The summed E-state index contributed by atoms with van der Waals surface area (Å²) in [4.78, 5) is 11.4. The van der Waals surface area contributed by atoms with Crippen LogP contribution in [0.3, 0.4) is 0 Å². The van der Waals surface area contributed by atoms with Gasteiger partial charge in [-0.2, -0.15) is 0 Å². The van der Waals surface area contributed by atoms with E-state index in [2.05, 4.69) is 17.2 Å². The predicted octanol–water partition coefficient (Wildman–Crippen LogP) is 2.82. The molecule has 0 unspecified atom stereocenters. The number of rotatable bonds is 3. The van der Waals surface area contributed by atoms with Crippen LogP contribution in [0.25, 0.3) is 0 Å². The van der Waals surface area contributed by atoms with Crippen LogP contribution in [0.5, 0.6) is 0 Å². The number of hydrogen-bond donors (Lipinski definition) is 2. The summed E-state index contributed by atoms with van der Waals surface area (Å²) >= 11 is 0. The molecular formula is C17H14F2N2O2. The Balaban J connectivity index is 1.84. The molecule has 2 rings (SSSR count). The summed E-state index contributed by atoms with van der Waals surface area (Å²) in [6.45, 7) is 0.0138. The molecule has 0 saturated carbocycles. The number of anilines is 1. The highest BCUT2D eigenvalue weighted by molar-refractivity contribution is 5.67. The van der Waals surface area contributed by atoms with Gasteiger partial charge in [0.2, 0.25) is 0 Å². The Labute approximate surface area is 132 Å². The third kappa shape index (κ3) is 4.71. The van der Waals surface area contributed by atoms with Crippen molar-refractivity contribution in [2.75, 3.05) is 12.3 Å². The first-order valence-corrected chi connectivity index (χ1v) is 6.75. The molecule has 0 saturated heterocycles. The van der Waals surface area contributed by atoms with Crippen LogP contribution in [0.2, 0.25) is 0 Å². The van der Waals surface area contributed by atoms with Crippen LogP contribution in [0, 0.1) is 23.5 Å². The maximum absolute atomic E-state index is 13.6. The lowest BCUT2D eigenvalue weighted by molar-refractivity contribution is 0.141. The Morgan fingerprint density at radius 3 is 2.65 bits per heavy atom. The maximum Gasteiger partial charge on any atom is 0.408 e. The molecule has 6 heteroatoms. The van der Waals surface area contributed by atoms with Gasteiger partial charge < -0.3 is 15.8 Å². The quantitative estimate of drug-likeness (QED) is 0.676. The zero-order valence-electron chi connectivity index (χ0n) is 12.1. The van der Waals surface area contributed by atoms with E-state index in [4.69, 9.17) is 10.5 Å². The van der Waals surface area contributed by atoms with Gasteiger partial charge in [0.05, 0.1) is 17.8 Å². The van der Waals surface area contributed by atoms with Crippen molar-refractivity contribution in [1.29, 1.82) is 0 Å². The Kier molecular flexibility index (Phi) is 5.53. The van der Waals surface area contributed by atoms with Gasteiger partial charge in [0.15, 0.2) is 5.82 Å². The van der Waals surface area contributed by atoms with E-state index < -0.39 is 23.3 Å². The molecule has 0 bridgehead atoms. The van der Waals surface area contributed by atoms with E-state index in [-0.39, 0.29) is 18.8 Å². The van der Waals surface area contributed by atoms with Crippen molar-refractivity contribution in [2.24, 2.45) is 0 Å². The van der Waals surface area contributed by atoms with Crippen LogP contribution < -0.4 is 11.1 Å². The van der Waals surface area contributed by atoms with Crippen molar-refractivity contribution in [1.82, 2.24) is 5.32 Å². The van der Waals surface area contributed by atoms with Gasteiger partial charge >= 0.3 is 6.09 Å². The molecule has 0 fully saturated rings. The number of hydrogen-bond acceptors (Lipinski definition) is 3.